The summed E-state index contributed by atoms with van der Waals surface area (Å²) < 4.78 is 61.4. The standard InChI is InChI=1S/C10H13BrF5NO2/c1-5(2)7(3-6(18)4-11)17-8(19)9(12,13)10(14,15)16/h5,7H,3-4H2,1-2H3,(H,17,19). The fourth-order valence-electron chi connectivity index (χ4n) is 1.14. The maximum Gasteiger partial charge on any atom is 0.463 e. The van der Waals surface area contributed by atoms with Gasteiger partial charge in [-0.1, -0.05) is 29.8 Å². The molecule has 0 bridgehead atoms. The van der Waals surface area contributed by atoms with Gasteiger partial charge in [0.2, 0.25) is 0 Å². The van der Waals surface area contributed by atoms with E-state index in [4.69, 9.17) is 0 Å². The molecule has 3 nitrogen and oxygen atoms in total. The Labute approximate surface area is 115 Å². The molecule has 9 heteroatoms. The van der Waals surface area contributed by atoms with Crippen molar-refractivity contribution in [1.29, 1.82) is 0 Å². The van der Waals surface area contributed by atoms with Crippen LogP contribution in [0.3, 0.4) is 0 Å². The molecule has 19 heavy (non-hydrogen) atoms. The number of rotatable bonds is 6. The summed E-state index contributed by atoms with van der Waals surface area (Å²) in [5.74, 6) is -8.79. The van der Waals surface area contributed by atoms with Crippen molar-refractivity contribution in [3.8, 4) is 0 Å². The van der Waals surface area contributed by atoms with E-state index in [1.54, 1.807) is 5.32 Å². The van der Waals surface area contributed by atoms with Crippen molar-refractivity contribution < 1.29 is 31.5 Å². The van der Waals surface area contributed by atoms with E-state index in [0.29, 0.717) is 0 Å². The van der Waals surface area contributed by atoms with E-state index in [2.05, 4.69) is 15.9 Å². The summed E-state index contributed by atoms with van der Waals surface area (Å²) in [5.41, 5.74) is 0. The first-order chi connectivity index (χ1) is 8.43. The van der Waals surface area contributed by atoms with Gasteiger partial charge in [0.1, 0.15) is 5.78 Å². The summed E-state index contributed by atoms with van der Waals surface area (Å²) in [6.07, 6.45) is -6.28. The Morgan fingerprint density at radius 2 is 1.63 bits per heavy atom. The first kappa shape index (κ1) is 18.3. The predicted molar refractivity (Wildman–Crippen MR) is 61.2 cm³/mol. The molecule has 1 amide bonds. The van der Waals surface area contributed by atoms with Crippen LogP contribution in [-0.4, -0.2) is 35.2 Å². The maximum atomic E-state index is 12.7. The third kappa shape index (κ3) is 5.04. The van der Waals surface area contributed by atoms with Gasteiger partial charge in [0.05, 0.1) is 5.33 Å². The zero-order valence-electron chi connectivity index (χ0n) is 10.2. The van der Waals surface area contributed by atoms with Crippen LogP contribution in [0.1, 0.15) is 20.3 Å². The Balaban J connectivity index is 4.87. The number of alkyl halides is 6. The van der Waals surface area contributed by atoms with Crippen LogP contribution < -0.4 is 5.32 Å². The molecule has 0 aromatic heterocycles. The van der Waals surface area contributed by atoms with E-state index in [1.165, 1.54) is 13.8 Å². The van der Waals surface area contributed by atoms with E-state index < -0.39 is 35.7 Å². The smallest absolute Gasteiger partial charge is 0.347 e. The van der Waals surface area contributed by atoms with Crippen molar-refractivity contribution in [2.24, 2.45) is 5.92 Å². The van der Waals surface area contributed by atoms with Crippen LogP contribution in [0.4, 0.5) is 22.0 Å². The van der Waals surface area contributed by atoms with Crippen LogP contribution in [0.2, 0.25) is 0 Å². The molecule has 0 aliphatic heterocycles. The van der Waals surface area contributed by atoms with Crippen molar-refractivity contribution in [1.82, 2.24) is 5.32 Å². The fraction of sp³-hybridized carbons (Fsp3) is 0.800. The second kappa shape index (κ2) is 6.62. The highest BCUT2D eigenvalue weighted by atomic mass is 79.9. The van der Waals surface area contributed by atoms with E-state index in [9.17, 15) is 31.5 Å². The number of ketones is 1. The topological polar surface area (TPSA) is 46.2 Å². The summed E-state index contributed by atoms with van der Waals surface area (Å²) in [7, 11) is 0. The van der Waals surface area contributed by atoms with Gasteiger partial charge >= 0.3 is 18.0 Å². The van der Waals surface area contributed by atoms with Gasteiger partial charge in [0, 0.05) is 12.5 Å². The molecule has 0 aromatic carbocycles. The van der Waals surface area contributed by atoms with Gasteiger partial charge in [0.25, 0.3) is 0 Å². The lowest BCUT2D eigenvalue weighted by Crippen LogP contribution is -2.54. The van der Waals surface area contributed by atoms with Gasteiger partial charge in [-0.2, -0.15) is 22.0 Å². The van der Waals surface area contributed by atoms with Crippen LogP contribution in [-0.2, 0) is 9.59 Å². The molecule has 0 aliphatic rings. The largest absolute Gasteiger partial charge is 0.463 e. The minimum Gasteiger partial charge on any atom is -0.347 e. The molecule has 0 aliphatic carbocycles. The number of amides is 1. The quantitative estimate of drug-likeness (QED) is 0.589. The Bertz CT molecular complexity index is 343. The predicted octanol–water partition coefficient (Wildman–Crippen LogP) is 2.68. The summed E-state index contributed by atoms with van der Waals surface area (Å²) in [4.78, 5) is 22.1. The van der Waals surface area contributed by atoms with Gasteiger partial charge < -0.3 is 5.32 Å². The lowest BCUT2D eigenvalue weighted by atomic mass is 9.98. The fourth-order valence-corrected chi connectivity index (χ4v) is 1.37. The Hall–Kier alpha value is -0.730. The van der Waals surface area contributed by atoms with Crippen molar-refractivity contribution in [3.05, 3.63) is 0 Å². The third-order valence-electron chi connectivity index (χ3n) is 2.36. The van der Waals surface area contributed by atoms with Gasteiger partial charge in [0.15, 0.2) is 0 Å². The first-order valence-corrected chi connectivity index (χ1v) is 6.38. The van der Waals surface area contributed by atoms with Crippen LogP contribution in [0.5, 0.6) is 0 Å². The number of carbonyl (C=O) groups excluding carboxylic acids is 2. The van der Waals surface area contributed by atoms with Crippen LogP contribution in [0, 0.1) is 5.92 Å². The van der Waals surface area contributed by atoms with Crippen molar-refractivity contribution in [2.75, 3.05) is 5.33 Å². The number of nitrogens with one attached hydrogen (secondary N) is 1. The number of hydrogen-bond acceptors (Lipinski definition) is 2. The highest BCUT2D eigenvalue weighted by Gasteiger charge is 2.63. The van der Waals surface area contributed by atoms with Gasteiger partial charge in [-0.15, -0.1) is 0 Å². The number of Topliss-reactive ketones (excluding diaryl/α,β-unsaturated/α-hetero) is 1. The van der Waals surface area contributed by atoms with E-state index >= 15 is 0 Å². The molecule has 0 saturated heterocycles. The van der Waals surface area contributed by atoms with E-state index in [1.807, 2.05) is 0 Å². The van der Waals surface area contributed by atoms with Gasteiger partial charge in [-0.3, -0.25) is 9.59 Å². The lowest BCUT2D eigenvalue weighted by Gasteiger charge is -2.25. The molecule has 0 saturated carbocycles. The average molecular weight is 354 g/mol. The van der Waals surface area contributed by atoms with Gasteiger partial charge in [-0.05, 0) is 5.92 Å². The molecule has 112 valence electrons. The highest BCUT2D eigenvalue weighted by Crippen LogP contribution is 2.35. The molecule has 0 radical (unpaired) electrons. The molecular weight excluding hydrogens is 341 g/mol. The molecule has 0 spiro atoms. The van der Waals surface area contributed by atoms with Gasteiger partial charge in [-0.25, -0.2) is 0 Å². The van der Waals surface area contributed by atoms with E-state index in [-0.39, 0.29) is 11.8 Å². The average Bonchev–Trinajstić information content (AvgIpc) is 2.25. The monoisotopic (exact) mass is 353 g/mol. The second-order valence-electron chi connectivity index (χ2n) is 4.27. The summed E-state index contributed by atoms with van der Waals surface area (Å²) in [6, 6.07) is -1.08. The summed E-state index contributed by atoms with van der Waals surface area (Å²) >= 11 is 2.84. The molecule has 1 N–H and O–H groups in total. The maximum absolute atomic E-state index is 12.7. The Kier molecular flexibility index (Phi) is 6.37. The lowest BCUT2D eigenvalue weighted by molar-refractivity contribution is -0.270. The molecule has 0 rings (SSSR count). The zero-order chi connectivity index (χ0) is 15.4. The summed E-state index contributed by atoms with van der Waals surface area (Å²) in [5, 5.41) is 1.51. The highest BCUT2D eigenvalue weighted by molar-refractivity contribution is 9.09. The second-order valence-corrected chi connectivity index (χ2v) is 4.83. The summed E-state index contributed by atoms with van der Waals surface area (Å²) in [6.45, 7) is 3.00. The normalized spacial score (nSPS) is 14.4. The number of carbonyl (C=O) groups is 2. The van der Waals surface area contributed by atoms with Crippen molar-refractivity contribution in [3.63, 3.8) is 0 Å². The Morgan fingerprint density at radius 1 is 1.16 bits per heavy atom. The Morgan fingerprint density at radius 3 is 1.95 bits per heavy atom. The van der Waals surface area contributed by atoms with Crippen molar-refractivity contribution in [2.45, 2.75) is 38.4 Å². The molecule has 0 fully saturated rings. The third-order valence-corrected chi connectivity index (χ3v) is 2.98. The minimum absolute atomic E-state index is 0.0677. The van der Waals surface area contributed by atoms with E-state index in [0.717, 1.165) is 0 Å². The minimum atomic E-state index is -5.96. The number of halogens is 6. The SMILES string of the molecule is CC(C)C(CC(=O)CBr)NC(=O)C(F)(F)C(F)(F)F. The molecule has 1 unspecified atom stereocenters. The molecular formula is C10H13BrF5NO2. The van der Waals surface area contributed by atoms with Crippen LogP contribution in [0.15, 0.2) is 0 Å². The van der Waals surface area contributed by atoms with Crippen LogP contribution >= 0.6 is 15.9 Å². The van der Waals surface area contributed by atoms with Crippen molar-refractivity contribution >= 4 is 27.6 Å². The molecule has 0 heterocycles. The molecule has 0 aromatic rings. The molecule has 1 atom stereocenters. The van der Waals surface area contributed by atoms with Crippen LogP contribution in [0.25, 0.3) is 0 Å². The first-order valence-electron chi connectivity index (χ1n) is 5.26. The zero-order valence-corrected chi connectivity index (χ0v) is 11.7. The number of hydrogen-bond donors (Lipinski definition) is 1.